The second-order valence-corrected chi connectivity index (χ2v) is 17.5. The Labute approximate surface area is 313 Å². The van der Waals surface area contributed by atoms with Crippen LogP contribution >= 0.6 is 0 Å². The lowest BCUT2D eigenvalue weighted by Crippen LogP contribution is -2.41. The summed E-state index contributed by atoms with van der Waals surface area (Å²) >= 11 is 0. The summed E-state index contributed by atoms with van der Waals surface area (Å²) in [4.78, 5) is 22.9. The number of methoxy groups -OCH3 is 2. The third kappa shape index (κ3) is 9.52. The molecule has 0 spiro atoms. The Bertz CT molecular complexity index is 1340. The molecule has 2 aliphatic heterocycles. The minimum atomic E-state index is -0.311. The largest absolute Gasteiger partial charge is 0.494 e. The summed E-state index contributed by atoms with van der Waals surface area (Å²) in [6.07, 6.45) is 10.0. The van der Waals surface area contributed by atoms with Crippen molar-refractivity contribution in [3.8, 4) is 0 Å². The van der Waals surface area contributed by atoms with Crippen LogP contribution in [0.2, 0.25) is 0 Å². The van der Waals surface area contributed by atoms with Gasteiger partial charge in [-0.3, -0.25) is 9.59 Å². The molecule has 2 aliphatic carbocycles. The first kappa shape index (κ1) is 40.5. The van der Waals surface area contributed by atoms with Crippen LogP contribution in [0.5, 0.6) is 0 Å². The molecule has 2 saturated heterocycles. The fraction of sp³-hybridized carbons (Fsp3) is 0.667. The van der Waals surface area contributed by atoms with E-state index in [9.17, 15) is 9.59 Å². The van der Waals surface area contributed by atoms with Crippen LogP contribution in [0.1, 0.15) is 143 Å². The van der Waals surface area contributed by atoms with E-state index in [-0.39, 0.29) is 48.6 Å². The van der Waals surface area contributed by atoms with Gasteiger partial charge in [0.05, 0.1) is 36.6 Å². The third-order valence-corrected chi connectivity index (χ3v) is 12.9. The van der Waals surface area contributed by atoms with Gasteiger partial charge in [-0.2, -0.15) is 0 Å². The molecule has 0 aromatic heterocycles. The lowest BCUT2D eigenvalue weighted by molar-refractivity contribution is -0.142. The van der Waals surface area contributed by atoms with Gasteiger partial charge in [-0.05, 0) is 152 Å². The Morgan fingerprint density at radius 2 is 0.788 bits per heavy atom. The molecule has 4 aliphatic rings. The Morgan fingerprint density at radius 1 is 0.519 bits per heavy atom. The van der Waals surface area contributed by atoms with Crippen molar-refractivity contribution < 1.29 is 37.7 Å². The van der Waals surface area contributed by atoms with Gasteiger partial charge in [-0.25, -0.2) is 0 Å². The van der Waals surface area contributed by atoms with Crippen molar-refractivity contribution in [1.82, 2.24) is 0 Å². The van der Waals surface area contributed by atoms with E-state index in [2.05, 4.69) is 104 Å². The highest BCUT2D eigenvalue weighted by atomic mass is 16.7. The fourth-order valence-electron chi connectivity index (χ4n) is 7.85. The molecule has 0 atom stereocenters. The van der Waals surface area contributed by atoms with Crippen LogP contribution in [0.15, 0.2) is 48.5 Å². The van der Waals surface area contributed by atoms with E-state index in [0.29, 0.717) is 36.5 Å². The number of carbonyl (C=O) groups excluding carboxylic acids is 2. The second-order valence-electron chi connectivity index (χ2n) is 17.5. The Morgan fingerprint density at radius 3 is 1.04 bits per heavy atom. The van der Waals surface area contributed by atoms with E-state index >= 15 is 0 Å². The van der Waals surface area contributed by atoms with E-state index < -0.39 is 0 Å². The fourth-order valence-corrected chi connectivity index (χ4v) is 7.85. The molecule has 2 saturated carbocycles. The number of benzene rings is 2. The van der Waals surface area contributed by atoms with Crippen LogP contribution in [0, 0.1) is 11.8 Å². The molecule has 0 bridgehead atoms. The number of esters is 2. The first-order valence-electron chi connectivity index (χ1n) is 19.5. The summed E-state index contributed by atoms with van der Waals surface area (Å²) in [5, 5.41) is 0. The maximum absolute atomic E-state index is 11.4. The highest BCUT2D eigenvalue weighted by Gasteiger charge is 2.52. The van der Waals surface area contributed by atoms with Gasteiger partial charge in [0.15, 0.2) is 0 Å². The van der Waals surface area contributed by atoms with Gasteiger partial charge in [0.25, 0.3) is 0 Å². The van der Waals surface area contributed by atoms with Crippen molar-refractivity contribution >= 4 is 37.1 Å². The molecule has 10 heteroatoms. The average Bonchev–Trinajstić information content (AvgIpc) is 3.48. The minimum Gasteiger partial charge on any atom is -0.469 e. The van der Waals surface area contributed by atoms with Crippen LogP contribution in [-0.2, 0) is 37.7 Å². The predicted molar refractivity (Wildman–Crippen MR) is 207 cm³/mol. The van der Waals surface area contributed by atoms with E-state index in [1.54, 1.807) is 0 Å². The van der Waals surface area contributed by atoms with Gasteiger partial charge in [-0.15, -0.1) is 0 Å². The first-order valence-corrected chi connectivity index (χ1v) is 19.5. The standard InChI is InChI=1S/2C21H31BO4/c2*1-20(2)21(3,4)26-22(25-20)18-12-10-17(11-13-18)16-8-6-15(7-9-16)14-19(23)24-5/h2*10-13,15-16H,6-9,14H2,1-5H3. The van der Waals surface area contributed by atoms with Crippen molar-refractivity contribution in [2.75, 3.05) is 14.2 Å². The number of rotatable bonds is 8. The molecule has 2 heterocycles. The molecule has 2 aromatic rings. The highest BCUT2D eigenvalue weighted by molar-refractivity contribution is 6.62. The maximum Gasteiger partial charge on any atom is 0.494 e. The number of hydrogen-bond acceptors (Lipinski definition) is 8. The highest BCUT2D eigenvalue weighted by Crippen LogP contribution is 2.40. The summed E-state index contributed by atoms with van der Waals surface area (Å²) in [7, 11) is 2.33. The maximum atomic E-state index is 11.4. The van der Waals surface area contributed by atoms with Crippen molar-refractivity contribution in [2.45, 2.75) is 154 Å². The molecule has 4 fully saturated rings. The predicted octanol–water partition coefficient (Wildman–Crippen LogP) is 7.65. The SMILES string of the molecule is COC(=O)CC1CCC(c2ccc(B3OC(C)(C)C(C)(C)O3)cc2)CC1.COC(=O)CC1CCC(c2ccc(B3OC(C)(C)C(C)(C)O3)cc2)CC1. The normalized spacial score (nSPS) is 27.3. The monoisotopic (exact) mass is 716 g/mol. The third-order valence-electron chi connectivity index (χ3n) is 12.9. The topological polar surface area (TPSA) is 89.5 Å². The minimum absolute atomic E-state index is 0.0831. The van der Waals surface area contributed by atoms with Crippen LogP contribution < -0.4 is 10.9 Å². The van der Waals surface area contributed by atoms with Crippen LogP contribution in [0.25, 0.3) is 0 Å². The Balaban J connectivity index is 0.000000201. The molecular weight excluding hydrogens is 654 g/mol. The van der Waals surface area contributed by atoms with Crippen LogP contribution in [0.4, 0.5) is 0 Å². The molecule has 0 radical (unpaired) electrons. The van der Waals surface area contributed by atoms with Gasteiger partial charge in [0.1, 0.15) is 0 Å². The average molecular weight is 717 g/mol. The van der Waals surface area contributed by atoms with E-state index in [1.807, 2.05) is 0 Å². The van der Waals surface area contributed by atoms with Gasteiger partial charge in [0.2, 0.25) is 0 Å². The summed E-state index contributed by atoms with van der Waals surface area (Å²) < 4.78 is 34.1. The number of carbonyl (C=O) groups is 2. The lowest BCUT2D eigenvalue weighted by atomic mass is 9.75. The summed E-state index contributed by atoms with van der Waals surface area (Å²) in [5.74, 6) is 1.94. The molecular formula is C42H62B2O8. The number of ether oxygens (including phenoxy) is 2. The first-order chi connectivity index (χ1) is 24.4. The van der Waals surface area contributed by atoms with Crippen molar-refractivity contribution in [1.29, 1.82) is 0 Å². The zero-order valence-corrected chi connectivity index (χ0v) is 33.4. The van der Waals surface area contributed by atoms with Crippen LogP contribution in [0.3, 0.4) is 0 Å². The van der Waals surface area contributed by atoms with E-state index in [0.717, 1.165) is 62.3 Å². The second kappa shape index (κ2) is 16.4. The molecule has 0 unspecified atom stereocenters. The van der Waals surface area contributed by atoms with Gasteiger partial charge >= 0.3 is 26.2 Å². The molecule has 284 valence electrons. The molecule has 0 amide bonds. The lowest BCUT2D eigenvalue weighted by Gasteiger charge is -2.32. The van der Waals surface area contributed by atoms with Crippen molar-refractivity contribution in [3.05, 3.63) is 59.7 Å². The molecule has 8 nitrogen and oxygen atoms in total. The summed E-state index contributed by atoms with van der Waals surface area (Å²) in [6.45, 7) is 16.6. The zero-order chi connectivity index (χ0) is 37.9. The van der Waals surface area contributed by atoms with Crippen molar-refractivity contribution in [2.24, 2.45) is 11.8 Å². The summed E-state index contributed by atoms with van der Waals surface area (Å²) in [5.41, 5.74) is 3.66. The molecule has 0 N–H and O–H groups in total. The quantitative estimate of drug-likeness (QED) is 0.204. The molecule has 52 heavy (non-hydrogen) atoms. The molecule has 6 rings (SSSR count). The zero-order valence-electron chi connectivity index (χ0n) is 33.4. The Kier molecular flexibility index (Phi) is 12.8. The van der Waals surface area contributed by atoms with Crippen molar-refractivity contribution in [3.63, 3.8) is 0 Å². The molecule has 2 aromatic carbocycles. The van der Waals surface area contributed by atoms with Gasteiger partial charge in [-0.1, -0.05) is 48.5 Å². The van der Waals surface area contributed by atoms with E-state index in [4.69, 9.17) is 28.1 Å². The smallest absolute Gasteiger partial charge is 0.469 e. The van der Waals surface area contributed by atoms with Crippen LogP contribution in [-0.4, -0.2) is 62.8 Å². The Hall–Kier alpha value is -2.65. The van der Waals surface area contributed by atoms with E-state index in [1.165, 1.54) is 25.3 Å². The van der Waals surface area contributed by atoms with Gasteiger partial charge < -0.3 is 28.1 Å². The van der Waals surface area contributed by atoms with Gasteiger partial charge in [0, 0.05) is 12.8 Å². The summed E-state index contributed by atoms with van der Waals surface area (Å²) in [6, 6.07) is 17.4. The number of hydrogen-bond donors (Lipinski definition) is 0.